The molecule has 15 heavy (non-hydrogen) atoms. The van der Waals surface area contributed by atoms with Gasteiger partial charge < -0.3 is 5.11 Å². The molecule has 0 saturated heterocycles. The summed E-state index contributed by atoms with van der Waals surface area (Å²) in [7, 11) is 0. The van der Waals surface area contributed by atoms with Gasteiger partial charge in [-0.15, -0.1) is 0 Å². The summed E-state index contributed by atoms with van der Waals surface area (Å²) in [4.78, 5) is 10.6. The molecule has 0 fully saturated rings. The SMILES string of the molecule is O=C(O)Cc1[nH]ncc1-c1ccccc1. The number of aliphatic carboxylic acids is 1. The smallest absolute Gasteiger partial charge is 0.309 e. The van der Waals surface area contributed by atoms with Crippen LogP contribution in [0.1, 0.15) is 5.69 Å². The van der Waals surface area contributed by atoms with Crippen molar-refractivity contribution in [3.8, 4) is 11.1 Å². The Labute approximate surface area is 86.6 Å². The maximum Gasteiger partial charge on any atom is 0.309 e. The van der Waals surface area contributed by atoms with Gasteiger partial charge in [0, 0.05) is 5.56 Å². The first-order valence-electron chi connectivity index (χ1n) is 4.57. The molecule has 2 rings (SSSR count). The first kappa shape index (κ1) is 9.45. The molecule has 0 aliphatic rings. The number of carboxylic acids is 1. The molecular formula is C11H10N2O2. The average molecular weight is 202 g/mol. The first-order valence-corrected chi connectivity index (χ1v) is 4.57. The Hall–Kier alpha value is -2.10. The van der Waals surface area contributed by atoms with E-state index in [1.54, 1.807) is 6.20 Å². The summed E-state index contributed by atoms with van der Waals surface area (Å²) in [6, 6.07) is 9.59. The lowest BCUT2D eigenvalue weighted by atomic mass is 10.1. The van der Waals surface area contributed by atoms with Crippen LogP contribution in [0.25, 0.3) is 11.1 Å². The molecule has 4 heteroatoms. The molecule has 0 radical (unpaired) electrons. The van der Waals surface area contributed by atoms with Gasteiger partial charge in [0.1, 0.15) is 0 Å². The van der Waals surface area contributed by atoms with E-state index in [-0.39, 0.29) is 6.42 Å². The minimum atomic E-state index is -0.864. The number of rotatable bonds is 3. The summed E-state index contributed by atoms with van der Waals surface area (Å²) in [6.45, 7) is 0. The molecule has 4 nitrogen and oxygen atoms in total. The number of hydrogen-bond donors (Lipinski definition) is 2. The summed E-state index contributed by atoms with van der Waals surface area (Å²) in [6.07, 6.45) is 1.61. The fraction of sp³-hybridized carbons (Fsp3) is 0.0909. The maximum absolute atomic E-state index is 10.6. The predicted molar refractivity (Wildman–Crippen MR) is 55.4 cm³/mol. The van der Waals surface area contributed by atoms with Gasteiger partial charge in [-0.2, -0.15) is 5.10 Å². The van der Waals surface area contributed by atoms with Crippen molar-refractivity contribution in [2.45, 2.75) is 6.42 Å². The third-order valence-electron chi connectivity index (χ3n) is 2.13. The Balaban J connectivity index is 2.37. The van der Waals surface area contributed by atoms with E-state index in [9.17, 15) is 4.79 Å². The highest BCUT2D eigenvalue weighted by molar-refractivity contribution is 5.75. The number of H-pyrrole nitrogens is 1. The highest BCUT2D eigenvalue weighted by atomic mass is 16.4. The van der Waals surface area contributed by atoms with Gasteiger partial charge in [0.15, 0.2) is 0 Å². The Morgan fingerprint density at radius 2 is 2.07 bits per heavy atom. The van der Waals surface area contributed by atoms with Crippen LogP contribution in [0.5, 0.6) is 0 Å². The number of nitrogens with zero attached hydrogens (tertiary/aromatic N) is 1. The Morgan fingerprint density at radius 3 is 2.73 bits per heavy atom. The number of nitrogens with one attached hydrogen (secondary N) is 1. The average Bonchev–Trinajstić information content (AvgIpc) is 2.66. The monoisotopic (exact) mass is 202 g/mol. The van der Waals surface area contributed by atoms with Gasteiger partial charge in [0.05, 0.1) is 18.3 Å². The molecule has 1 heterocycles. The van der Waals surface area contributed by atoms with Crippen LogP contribution in [-0.4, -0.2) is 21.3 Å². The second-order valence-corrected chi connectivity index (χ2v) is 3.20. The topological polar surface area (TPSA) is 66.0 Å². The van der Waals surface area contributed by atoms with E-state index >= 15 is 0 Å². The van der Waals surface area contributed by atoms with Gasteiger partial charge in [-0.3, -0.25) is 9.89 Å². The molecule has 0 unspecified atom stereocenters. The van der Waals surface area contributed by atoms with Crippen LogP contribution < -0.4 is 0 Å². The first-order chi connectivity index (χ1) is 7.27. The van der Waals surface area contributed by atoms with E-state index < -0.39 is 5.97 Å². The molecule has 1 aromatic heterocycles. The number of aromatic nitrogens is 2. The van der Waals surface area contributed by atoms with Crippen molar-refractivity contribution < 1.29 is 9.90 Å². The zero-order valence-corrected chi connectivity index (χ0v) is 7.97. The molecule has 0 spiro atoms. The van der Waals surface area contributed by atoms with Crippen LogP contribution in [0.3, 0.4) is 0 Å². The van der Waals surface area contributed by atoms with Crippen molar-refractivity contribution in [3.05, 3.63) is 42.2 Å². The second-order valence-electron chi connectivity index (χ2n) is 3.20. The molecule has 0 aliphatic carbocycles. The number of carbonyl (C=O) groups is 1. The largest absolute Gasteiger partial charge is 0.481 e. The van der Waals surface area contributed by atoms with E-state index in [1.165, 1.54) is 0 Å². The lowest BCUT2D eigenvalue weighted by molar-refractivity contribution is -0.136. The van der Waals surface area contributed by atoms with Crippen molar-refractivity contribution in [2.75, 3.05) is 0 Å². The van der Waals surface area contributed by atoms with Crippen molar-refractivity contribution in [1.82, 2.24) is 10.2 Å². The maximum atomic E-state index is 10.6. The number of carboxylic acid groups (broad SMARTS) is 1. The van der Waals surface area contributed by atoms with Crippen LogP contribution >= 0.6 is 0 Å². The molecule has 0 saturated carbocycles. The third-order valence-corrected chi connectivity index (χ3v) is 2.13. The van der Waals surface area contributed by atoms with Crippen molar-refractivity contribution in [3.63, 3.8) is 0 Å². The zero-order chi connectivity index (χ0) is 10.7. The van der Waals surface area contributed by atoms with Crippen LogP contribution in [0, 0.1) is 0 Å². The molecular weight excluding hydrogens is 192 g/mol. The van der Waals surface area contributed by atoms with E-state index in [1.807, 2.05) is 30.3 Å². The lowest BCUT2D eigenvalue weighted by Gasteiger charge is -1.99. The summed E-state index contributed by atoms with van der Waals surface area (Å²) in [5.41, 5.74) is 2.45. The van der Waals surface area contributed by atoms with Gasteiger partial charge in [-0.25, -0.2) is 0 Å². The van der Waals surface area contributed by atoms with Gasteiger partial charge in [0.2, 0.25) is 0 Å². The fourth-order valence-electron chi connectivity index (χ4n) is 1.47. The Morgan fingerprint density at radius 1 is 1.33 bits per heavy atom. The summed E-state index contributed by atoms with van der Waals surface area (Å²) < 4.78 is 0. The third kappa shape index (κ3) is 2.04. The quantitative estimate of drug-likeness (QED) is 0.796. The molecule has 0 aliphatic heterocycles. The number of benzene rings is 1. The normalized spacial score (nSPS) is 10.1. The van der Waals surface area contributed by atoms with Crippen LogP contribution in [0.4, 0.5) is 0 Å². The highest BCUT2D eigenvalue weighted by Gasteiger charge is 2.10. The minimum Gasteiger partial charge on any atom is -0.481 e. The van der Waals surface area contributed by atoms with E-state index in [2.05, 4.69) is 10.2 Å². The molecule has 2 aromatic rings. The van der Waals surface area contributed by atoms with Crippen LogP contribution in [0.15, 0.2) is 36.5 Å². The fourth-order valence-corrected chi connectivity index (χ4v) is 1.47. The van der Waals surface area contributed by atoms with Crippen molar-refractivity contribution in [2.24, 2.45) is 0 Å². The van der Waals surface area contributed by atoms with Gasteiger partial charge in [-0.1, -0.05) is 30.3 Å². The molecule has 1 aromatic carbocycles. The Kier molecular flexibility index (Phi) is 2.49. The van der Waals surface area contributed by atoms with E-state index in [0.717, 1.165) is 11.1 Å². The lowest BCUT2D eigenvalue weighted by Crippen LogP contribution is -2.01. The summed E-state index contributed by atoms with van der Waals surface area (Å²) >= 11 is 0. The standard InChI is InChI=1S/C11H10N2O2/c14-11(15)6-10-9(7-12-13-10)8-4-2-1-3-5-8/h1-5,7H,6H2,(H,12,13)(H,14,15). The second kappa shape index (κ2) is 3.96. The van der Waals surface area contributed by atoms with E-state index in [4.69, 9.17) is 5.11 Å². The summed E-state index contributed by atoms with van der Waals surface area (Å²) in [5, 5.41) is 15.3. The predicted octanol–water partition coefficient (Wildman–Crippen LogP) is 1.70. The van der Waals surface area contributed by atoms with Gasteiger partial charge in [-0.05, 0) is 5.56 Å². The van der Waals surface area contributed by atoms with E-state index in [0.29, 0.717) is 5.69 Å². The highest BCUT2D eigenvalue weighted by Crippen LogP contribution is 2.21. The van der Waals surface area contributed by atoms with Crippen LogP contribution in [0.2, 0.25) is 0 Å². The van der Waals surface area contributed by atoms with Crippen molar-refractivity contribution >= 4 is 5.97 Å². The number of aromatic amines is 1. The van der Waals surface area contributed by atoms with Gasteiger partial charge >= 0.3 is 5.97 Å². The zero-order valence-electron chi connectivity index (χ0n) is 7.97. The van der Waals surface area contributed by atoms with Crippen LogP contribution in [-0.2, 0) is 11.2 Å². The molecule has 0 bridgehead atoms. The Bertz CT molecular complexity index is 462. The molecule has 2 N–H and O–H groups in total. The summed E-state index contributed by atoms with van der Waals surface area (Å²) in [5.74, 6) is -0.864. The minimum absolute atomic E-state index is 0.0375. The molecule has 0 amide bonds. The molecule has 0 atom stereocenters. The number of hydrogen-bond acceptors (Lipinski definition) is 2. The van der Waals surface area contributed by atoms with Crippen molar-refractivity contribution in [1.29, 1.82) is 0 Å². The molecule has 76 valence electrons. The van der Waals surface area contributed by atoms with Gasteiger partial charge in [0.25, 0.3) is 0 Å².